The molecule has 0 saturated carbocycles. The Morgan fingerprint density at radius 3 is 1.54 bits per heavy atom. The van der Waals surface area contributed by atoms with Gasteiger partial charge in [0.1, 0.15) is 43.3 Å². The molecule has 23 nitrogen and oxygen atoms in total. The Balaban J connectivity index is 0.000000221. The summed E-state index contributed by atoms with van der Waals surface area (Å²) >= 11 is 0. The van der Waals surface area contributed by atoms with Crippen LogP contribution >= 0.6 is 15.2 Å². The number of aromatic amines is 2. The van der Waals surface area contributed by atoms with Crippen molar-refractivity contribution in [2.75, 3.05) is 57.7 Å². The zero-order chi connectivity index (χ0) is 54.4. The highest BCUT2D eigenvalue weighted by molar-refractivity contribution is 7.53. The van der Waals surface area contributed by atoms with Crippen molar-refractivity contribution in [3.05, 3.63) is 169 Å². The molecule has 0 amide bonds. The van der Waals surface area contributed by atoms with Gasteiger partial charge in [0.15, 0.2) is 33.9 Å². The molecule has 0 bridgehead atoms. The number of methoxy groups -OCH3 is 1. The molecule has 0 saturated heterocycles. The maximum Gasteiger partial charge on any atom is 0.356 e. The number of imidazole rings is 2. The third-order valence-electron chi connectivity index (χ3n) is 10.9. The van der Waals surface area contributed by atoms with Crippen molar-refractivity contribution in [1.82, 2.24) is 39.0 Å². The second-order valence-electron chi connectivity index (χ2n) is 16.7. The van der Waals surface area contributed by atoms with Crippen LogP contribution in [0.4, 0.5) is 20.7 Å². The van der Waals surface area contributed by atoms with Crippen LogP contribution in [0.25, 0.3) is 22.3 Å². The van der Waals surface area contributed by atoms with Gasteiger partial charge in [-0.3, -0.25) is 47.3 Å². The summed E-state index contributed by atoms with van der Waals surface area (Å²) in [6.45, 7) is 2.66. The van der Waals surface area contributed by atoms with Crippen molar-refractivity contribution < 1.29 is 59.8 Å². The van der Waals surface area contributed by atoms with Gasteiger partial charge in [0.25, 0.3) is 11.1 Å². The van der Waals surface area contributed by atoms with Crippen LogP contribution in [-0.2, 0) is 63.0 Å². The monoisotopic (exact) mass is 1090 g/mol. The molecule has 4 aromatic heterocycles. The van der Waals surface area contributed by atoms with Crippen LogP contribution in [0, 0.1) is 25.5 Å². The fourth-order valence-electron chi connectivity index (χ4n) is 7.04. The van der Waals surface area contributed by atoms with Crippen LogP contribution in [0.1, 0.15) is 43.0 Å². The van der Waals surface area contributed by atoms with Crippen molar-refractivity contribution >= 4 is 61.0 Å². The third-order valence-corrected chi connectivity index (χ3v) is 14.0. The van der Waals surface area contributed by atoms with Gasteiger partial charge in [-0.2, -0.15) is 9.97 Å². The molecule has 0 aliphatic carbocycles. The lowest BCUT2D eigenvalue weighted by Gasteiger charge is -2.19. The Bertz CT molecular complexity index is 3550. The Morgan fingerprint density at radius 2 is 1.09 bits per heavy atom. The molecule has 4 aromatic carbocycles. The number of halogens is 2. The van der Waals surface area contributed by atoms with E-state index in [1.54, 1.807) is 70.7 Å². The zero-order valence-electron chi connectivity index (χ0n) is 41.2. The number of hydrogen-bond donors (Lipinski definition) is 4. The number of carbonyl (C=O) groups excluding carboxylic acids is 2. The smallest absolute Gasteiger partial charge is 0.356 e. The molecule has 27 heteroatoms. The van der Waals surface area contributed by atoms with E-state index in [0.717, 1.165) is 11.1 Å². The van der Waals surface area contributed by atoms with Crippen LogP contribution in [-0.4, -0.2) is 96.8 Å². The molecule has 8 rings (SSSR count). The summed E-state index contributed by atoms with van der Waals surface area (Å²) < 4.78 is 95.4. The lowest BCUT2D eigenvalue weighted by molar-refractivity contribution is 0.0852. The highest BCUT2D eigenvalue weighted by atomic mass is 31.2. The molecule has 4 heterocycles. The number of nitrogens with two attached hydrogens (primary N) is 2. The minimum atomic E-state index is -3.98. The lowest BCUT2D eigenvalue weighted by atomic mass is 10.1. The third kappa shape index (κ3) is 15.5. The molecule has 2 atom stereocenters. The number of Topliss-reactive ketones (excluding diaryl/α,β-unsaturated/α-hetero) is 2. The number of nitrogen functional groups attached to an aromatic ring is 2. The molecule has 2 unspecified atom stereocenters. The number of rotatable bonds is 25. The Hall–Kier alpha value is -7.60. The van der Waals surface area contributed by atoms with E-state index in [0.29, 0.717) is 28.0 Å². The second-order valence-corrected chi connectivity index (χ2v) is 20.7. The van der Waals surface area contributed by atoms with Gasteiger partial charge in [-0.15, -0.1) is 0 Å². The molecule has 8 aromatic rings. The second kappa shape index (κ2) is 25.8. The molecular formula is C49H52F2N10O13P2. The maximum absolute atomic E-state index is 13.6. The normalized spacial score (nSPS) is 13.0. The predicted molar refractivity (Wildman–Crippen MR) is 274 cm³/mol. The zero-order valence-corrected chi connectivity index (χ0v) is 43.0. The summed E-state index contributed by atoms with van der Waals surface area (Å²) in [7, 11) is -6.38. The molecule has 6 N–H and O–H groups in total. The molecule has 0 fully saturated rings. The van der Waals surface area contributed by atoms with Crippen molar-refractivity contribution in [3.8, 4) is 5.75 Å². The number of aryl methyl sites for hydroxylation is 2. The number of nitrogens with zero attached hydrogens (tertiary/aromatic N) is 6. The summed E-state index contributed by atoms with van der Waals surface area (Å²) in [4.78, 5) is 70.1. The van der Waals surface area contributed by atoms with Crippen LogP contribution in [0.15, 0.2) is 113 Å². The van der Waals surface area contributed by atoms with E-state index < -0.39 is 69.6 Å². The summed E-state index contributed by atoms with van der Waals surface area (Å²) in [5.74, 6) is -1.24. The van der Waals surface area contributed by atoms with Gasteiger partial charge in [0.05, 0.1) is 46.2 Å². The van der Waals surface area contributed by atoms with Crippen LogP contribution in [0.2, 0.25) is 0 Å². The van der Waals surface area contributed by atoms with E-state index in [-0.39, 0.29) is 79.5 Å². The van der Waals surface area contributed by atoms with E-state index in [4.69, 9.17) is 43.8 Å². The molecule has 0 radical (unpaired) electrons. The molecular weight excluding hydrogens is 1040 g/mol. The topological polar surface area (TPSA) is 312 Å². The predicted octanol–water partition coefficient (Wildman–Crippen LogP) is 6.87. The van der Waals surface area contributed by atoms with Crippen molar-refractivity contribution in [3.63, 3.8) is 0 Å². The van der Waals surface area contributed by atoms with E-state index in [9.17, 15) is 37.1 Å². The summed E-state index contributed by atoms with van der Waals surface area (Å²) in [6.07, 6.45) is 1.86. The van der Waals surface area contributed by atoms with E-state index in [1.807, 2.05) is 6.92 Å². The number of nitrogens with one attached hydrogen (secondary N) is 2. The molecule has 0 spiro atoms. The maximum atomic E-state index is 13.6. The van der Waals surface area contributed by atoms with Gasteiger partial charge < -0.3 is 43.9 Å². The first-order valence-corrected chi connectivity index (χ1v) is 26.4. The van der Waals surface area contributed by atoms with Gasteiger partial charge in [-0.1, -0.05) is 54.1 Å². The van der Waals surface area contributed by atoms with E-state index in [1.165, 1.54) is 56.2 Å². The average molecular weight is 1090 g/mol. The van der Waals surface area contributed by atoms with Gasteiger partial charge in [0, 0.05) is 24.2 Å². The lowest BCUT2D eigenvalue weighted by Crippen LogP contribution is -2.14. The SMILES string of the molecule is COc1ccc(C(=O)COP(=O)(COCCn2cnc3c(=O)[nH]c(N)nc32)OCc2cccc(F)c2)cc1C.Cc1ccc(C(=O)COP(=O)(COCCn2cnc3c(=O)[nH]c(N)nc32)OCc2cccc(F)c2)cc1. The van der Waals surface area contributed by atoms with Crippen molar-refractivity contribution in [1.29, 1.82) is 0 Å². The minimum absolute atomic E-state index is 0.0160. The number of hydrogen-bond acceptors (Lipinski definition) is 19. The first-order valence-electron chi connectivity index (χ1n) is 23.0. The number of ketones is 2. The first kappa shape index (κ1) is 56.1. The van der Waals surface area contributed by atoms with Gasteiger partial charge in [0.2, 0.25) is 11.9 Å². The summed E-state index contributed by atoms with van der Waals surface area (Å²) in [6, 6.07) is 23.0. The van der Waals surface area contributed by atoms with E-state index in [2.05, 4.69) is 29.9 Å². The van der Waals surface area contributed by atoms with Crippen molar-refractivity contribution in [2.45, 2.75) is 40.2 Å². The molecule has 76 heavy (non-hydrogen) atoms. The summed E-state index contributed by atoms with van der Waals surface area (Å²) in [5.41, 5.74) is 14.4. The Morgan fingerprint density at radius 1 is 0.632 bits per heavy atom. The average Bonchev–Trinajstić information content (AvgIpc) is 4.01. The van der Waals surface area contributed by atoms with Gasteiger partial charge >= 0.3 is 15.2 Å². The molecule has 0 aliphatic heterocycles. The number of anilines is 2. The number of benzene rings is 4. The van der Waals surface area contributed by atoms with Crippen molar-refractivity contribution in [2.24, 2.45) is 0 Å². The molecule has 400 valence electrons. The molecule has 0 aliphatic rings. The minimum Gasteiger partial charge on any atom is -0.496 e. The first-order chi connectivity index (χ1) is 36.4. The quantitative estimate of drug-likeness (QED) is 0.0257. The summed E-state index contributed by atoms with van der Waals surface area (Å²) in [5, 5.41) is 0. The van der Waals surface area contributed by atoms with Crippen LogP contribution in [0.5, 0.6) is 5.75 Å². The van der Waals surface area contributed by atoms with Crippen LogP contribution in [0.3, 0.4) is 0 Å². The van der Waals surface area contributed by atoms with E-state index >= 15 is 0 Å². The number of carbonyl (C=O) groups is 2. The number of ether oxygens (including phenoxy) is 3. The van der Waals surface area contributed by atoms with Gasteiger partial charge in [-0.05, 0) is 73.0 Å². The van der Waals surface area contributed by atoms with Gasteiger partial charge in [-0.25, -0.2) is 18.7 Å². The standard InChI is InChI=1S/C25H27FN5O7P.C24H25FN5O6P/c1-16-10-18(6-7-21(16)35-2)20(32)13-38-39(34,37-12-17-4-3-5-19(26)11-17)15-36-9-8-31-14-28-22-23(31)29-25(27)30-24(22)33;1-16-5-7-18(8-6-16)20(31)13-36-37(33,35-12-17-3-2-4-19(25)11-17)15-34-10-9-30-14-27-21-22(30)28-24(26)29-23(21)32/h3-7,10-11,14H,8-9,12-13,15H2,1-2H3,(H3,27,29,30,33);2-8,11,14H,9-10,12-13,15H2,1H3,(H3,26,28,29,32). The highest BCUT2D eigenvalue weighted by Crippen LogP contribution is 2.50. The Kier molecular flexibility index (Phi) is 19.0. The van der Waals surface area contributed by atoms with Crippen LogP contribution < -0.4 is 27.3 Å². The number of fused-ring (bicyclic) bond motifs is 2. The fraction of sp³-hybridized carbons (Fsp3) is 0.265. The highest BCUT2D eigenvalue weighted by Gasteiger charge is 2.29. The fourth-order valence-corrected chi connectivity index (χ4v) is 9.51. The number of aromatic nitrogens is 8. The Labute approximate surface area is 431 Å². The number of H-pyrrole nitrogens is 2. The largest absolute Gasteiger partial charge is 0.496 e.